The van der Waals surface area contributed by atoms with Crippen LogP contribution >= 0.6 is 23.1 Å². The van der Waals surface area contributed by atoms with Crippen LogP contribution in [0.25, 0.3) is 21.3 Å². The average molecular weight is 383 g/mol. The van der Waals surface area contributed by atoms with Gasteiger partial charge in [-0.15, -0.1) is 11.3 Å². The van der Waals surface area contributed by atoms with Crippen molar-refractivity contribution in [1.29, 1.82) is 0 Å². The molecular formula is C19H18N4OS2. The normalized spacial score (nSPS) is 14.2. The molecule has 0 atom stereocenters. The van der Waals surface area contributed by atoms with Crippen LogP contribution in [-0.4, -0.2) is 25.7 Å². The minimum Gasteiger partial charge on any atom is -0.333 e. The highest BCUT2D eigenvalue weighted by Gasteiger charge is 2.19. The van der Waals surface area contributed by atoms with E-state index < -0.39 is 0 Å². The fourth-order valence-corrected chi connectivity index (χ4v) is 5.68. The number of fused-ring (bicyclic) bond motifs is 4. The van der Waals surface area contributed by atoms with Crippen LogP contribution in [-0.2, 0) is 19.3 Å². The predicted molar refractivity (Wildman–Crippen MR) is 107 cm³/mol. The number of hydrogen-bond donors (Lipinski definition) is 2. The highest BCUT2D eigenvalue weighted by molar-refractivity contribution is 7.99. The molecule has 7 heteroatoms. The van der Waals surface area contributed by atoms with Crippen molar-refractivity contribution in [3.8, 4) is 0 Å². The summed E-state index contributed by atoms with van der Waals surface area (Å²) in [6, 6.07) is 8.01. The van der Waals surface area contributed by atoms with E-state index in [9.17, 15) is 4.79 Å². The van der Waals surface area contributed by atoms with Crippen LogP contribution in [0.1, 0.15) is 29.1 Å². The molecule has 1 aliphatic rings. The molecule has 2 N–H and O–H groups in total. The van der Waals surface area contributed by atoms with Crippen molar-refractivity contribution >= 4 is 44.3 Å². The second kappa shape index (κ2) is 6.55. The van der Waals surface area contributed by atoms with Crippen molar-refractivity contribution in [2.75, 3.05) is 5.75 Å². The molecule has 1 aromatic carbocycles. The summed E-state index contributed by atoms with van der Waals surface area (Å²) >= 11 is 3.36. The van der Waals surface area contributed by atoms with Gasteiger partial charge in [0, 0.05) is 17.1 Å². The maximum Gasteiger partial charge on any atom is 0.259 e. The molecule has 0 fully saturated rings. The summed E-state index contributed by atoms with van der Waals surface area (Å²) in [7, 11) is 0. The number of rotatable bonds is 4. The van der Waals surface area contributed by atoms with E-state index in [-0.39, 0.29) is 5.56 Å². The van der Waals surface area contributed by atoms with E-state index in [2.05, 4.69) is 15.0 Å². The molecule has 0 amide bonds. The number of nitrogens with one attached hydrogen (secondary N) is 2. The number of thioether (sulfide) groups is 1. The highest BCUT2D eigenvalue weighted by atomic mass is 32.2. The second-order valence-electron chi connectivity index (χ2n) is 6.56. The summed E-state index contributed by atoms with van der Waals surface area (Å²) in [5.41, 5.74) is 3.30. The number of aryl methyl sites for hydroxylation is 3. The van der Waals surface area contributed by atoms with Crippen LogP contribution in [0.4, 0.5) is 0 Å². The van der Waals surface area contributed by atoms with Crippen molar-refractivity contribution in [1.82, 2.24) is 19.9 Å². The zero-order chi connectivity index (χ0) is 17.5. The van der Waals surface area contributed by atoms with Gasteiger partial charge in [-0.1, -0.05) is 23.9 Å². The zero-order valence-electron chi connectivity index (χ0n) is 14.2. The lowest BCUT2D eigenvalue weighted by Gasteiger charge is -2.09. The number of aromatic nitrogens is 4. The number of imidazole rings is 1. The van der Waals surface area contributed by atoms with Crippen LogP contribution in [0.2, 0.25) is 0 Å². The number of nitrogens with zero attached hydrogens (tertiary/aromatic N) is 2. The first-order valence-electron chi connectivity index (χ1n) is 8.89. The van der Waals surface area contributed by atoms with E-state index in [0.717, 1.165) is 57.2 Å². The second-order valence-corrected chi connectivity index (χ2v) is 8.73. The fourth-order valence-electron chi connectivity index (χ4n) is 3.57. The first-order chi connectivity index (χ1) is 12.8. The Morgan fingerprint density at radius 2 is 2.00 bits per heavy atom. The molecule has 0 aliphatic heterocycles. The SMILES string of the molecule is O=c1[nH]c(CCSc2nc3ccccc3[nH]2)nc2sc3c(c12)CCCC3. The van der Waals surface area contributed by atoms with E-state index in [0.29, 0.717) is 0 Å². The third-order valence-corrected chi connectivity index (χ3v) is 6.88. The van der Waals surface area contributed by atoms with Gasteiger partial charge in [0.1, 0.15) is 10.7 Å². The van der Waals surface area contributed by atoms with Gasteiger partial charge in [-0.2, -0.15) is 0 Å². The van der Waals surface area contributed by atoms with E-state index in [1.807, 2.05) is 24.3 Å². The molecule has 132 valence electrons. The molecule has 4 aromatic rings. The predicted octanol–water partition coefficient (Wildman–Crippen LogP) is 4.07. The monoisotopic (exact) mass is 382 g/mol. The van der Waals surface area contributed by atoms with E-state index >= 15 is 0 Å². The fraction of sp³-hybridized carbons (Fsp3) is 0.316. The highest BCUT2D eigenvalue weighted by Crippen LogP contribution is 2.33. The van der Waals surface area contributed by atoms with Crippen molar-refractivity contribution < 1.29 is 0 Å². The molecule has 1 aliphatic carbocycles. The topological polar surface area (TPSA) is 74.4 Å². The molecule has 0 unspecified atom stereocenters. The quantitative estimate of drug-likeness (QED) is 0.522. The largest absolute Gasteiger partial charge is 0.333 e. The van der Waals surface area contributed by atoms with E-state index in [4.69, 9.17) is 4.98 Å². The standard InChI is InChI=1S/C19H18N4OS2/c24-17-16-11-5-1-4-8-14(11)26-18(16)23-15(22-17)9-10-25-19-20-12-6-2-3-7-13(12)21-19/h2-3,6-7H,1,4-5,8-10H2,(H,20,21)(H,22,23,24). The summed E-state index contributed by atoms with van der Waals surface area (Å²) in [4.78, 5) is 30.5. The molecule has 0 spiro atoms. The molecule has 0 saturated carbocycles. The number of benzene rings is 1. The maximum atomic E-state index is 12.6. The Balaban J connectivity index is 1.35. The molecule has 5 nitrogen and oxygen atoms in total. The Labute approximate surface area is 158 Å². The minimum absolute atomic E-state index is 0.0261. The number of H-pyrrole nitrogens is 2. The van der Waals surface area contributed by atoms with Gasteiger partial charge >= 0.3 is 0 Å². The molecule has 26 heavy (non-hydrogen) atoms. The molecule has 0 saturated heterocycles. The van der Waals surface area contributed by atoms with Crippen LogP contribution in [0, 0.1) is 0 Å². The molecule has 3 aromatic heterocycles. The summed E-state index contributed by atoms with van der Waals surface area (Å²) < 4.78 is 0. The Hall–Kier alpha value is -2.12. The van der Waals surface area contributed by atoms with Gasteiger partial charge < -0.3 is 9.97 Å². The summed E-state index contributed by atoms with van der Waals surface area (Å²) in [5, 5.41) is 1.74. The van der Waals surface area contributed by atoms with Crippen molar-refractivity contribution in [2.45, 2.75) is 37.3 Å². The minimum atomic E-state index is 0.0261. The van der Waals surface area contributed by atoms with Crippen LogP contribution in [0.15, 0.2) is 34.2 Å². The Morgan fingerprint density at radius 3 is 2.92 bits per heavy atom. The van der Waals surface area contributed by atoms with Gasteiger partial charge in [-0.3, -0.25) is 4.79 Å². The lowest BCUT2D eigenvalue weighted by atomic mass is 9.97. The number of hydrogen-bond acceptors (Lipinski definition) is 5. The third kappa shape index (κ3) is 2.85. The van der Waals surface area contributed by atoms with Gasteiger partial charge in [0.25, 0.3) is 5.56 Å². The van der Waals surface area contributed by atoms with Crippen LogP contribution in [0.5, 0.6) is 0 Å². The van der Waals surface area contributed by atoms with Gasteiger partial charge in [-0.25, -0.2) is 9.97 Å². The van der Waals surface area contributed by atoms with Gasteiger partial charge in [-0.05, 0) is 43.4 Å². The van der Waals surface area contributed by atoms with Crippen molar-refractivity contribution in [3.63, 3.8) is 0 Å². The summed E-state index contributed by atoms with van der Waals surface area (Å²) in [6.07, 6.45) is 5.22. The van der Waals surface area contributed by atoms with Crippen molar-refractivity contribution in [2.24, 2.45) is 0 Å². The lowest BCUT2D eigenvalue weighted by Crippen LogP contribution is -2.13. The summed E-state index contributed by atoms with van der Waals surface area (Å²) in [6.45, 7) is 0. The maximum absolute atomic E-state index is 12.6. The van der Waals surface area contributed by atoms with Gasteiger partial charge in [0.15, 0.2) is 5.16 Å². The van der Waals surface area contributed by atoms with E-state index in [1.54, 1.807) is 23.1 Å². The van der Waals surface area contributed by atoms with Crippen LogP contribution < -0.4 is 5.56 Å². The molecule has 3 heterocycles. The average Bonchev–Trinajstić information content (AvgIpc) is 3.22. The lowest BCUT2D eigenvalue weighted by molar-refractivity contribution is 0.700. The van der Waals surface area contributed by atoms with Gasteiger partial charge in [0.05, 0.1) is 16.4 Å². The molecule has 0 bridgehead atoms. The first-order valence-corrected chi connectivity index (χ1v) is 10.7. The smallest absolute Gasteiger partial charge is 0.259 e. The van der Waals surface area contributed by atoms with Crippen molar-refractivity contribution in [3.05, 3.63) is 50.9 Å². The molecular weight excluding hydrogens is 364 g/mol. The van der Waals surface area contributed by atoms with E-state index in [1.165, 1.54) is 23.3 Å². The number of aromatic amines is 2. The Morgan fingerprint density at radius 1 is 1.12 bits per heavy atom. The van der Waals surface area contributed by atoms with Gasteiger partial charge in [0.2, 0.25) is 0 Å². The van der Waals surface area contributed by atoms with Crippen LogP contribution in [0.3, 0.4) is 0 Å². The number of thiophene rings is 1. The summed E-state index contributed by atoms with van der Waals surface area (Å²) in [5.74, 6) is 1.59. The molecule has 5 rings (SSSR count). The zero-order valence-corrected chi connectivity index (χ0v) is 15.8. The molecule has 0 radical (unpaired) electrons. The third-order valence-electron chi connectivity index (χ3n) is 4.82. The first kappa shape index (κ1) is 16.1. The Bertz CT molecular complexity index is 1120. The Kier molecular flexibility index (Phi) is 4.05. The number of para-hydroxylation sites is 2.